The summed E-state index contributed by atoms with van der Waals surface area (Å²) in [5.41, 5.74) is -0.505. The van der Waals surface area contributed by atoms with Crippen molar-refractivity contribution < 1.29 is 13.2 Å². The highest BCUT2D eigenvalue weighted by Crippen LogP contribution is 2.25. The number of halogens is 4. The van der Waals surface area contributed by atoms with E-state index in [2.05, 4.69) is 15.1 Å². The minimum absolute atomic E-state index is 0.209. The first-order valence-electron chi connectivity index (χ1n) is 7.83. The molecule has 12 heteroatoms. The van der Waals surface area contributed by atoms with E-state index in [1.807, 2.05) is 11.0 Å². The van der Waals surface area contributed by atoms with Crippen LogP contribution in [-0.2, 0) is 6.54 Å². The van der Waals surface area contributed by atoms with Gasteiger partial charge < -0.3 is 9.80 Å². The van der Waals surface area contributed by atoms with E-state index in [0.717, 1.165) is 6.20 Å². The summed E-state index contributed by atoms with van der Waals surface area (Å²) in [5, 5.41) is 12.4. The fourth-order valence-electron chi connectivity index (χ4n) is 2.76. The van der Waals surface area contributed by atoms with Gasteiger partial charge in [-0.2, -0.15) is 23.5 Å². The molecule has 0 aromatic carbocycles. The Bertz CT molecular complexity index is 932. The van der Waals surface area contributed by atoms with Gasteiger partial charge in [-0.15, -0.1) is 0 Å². The molecule has 2 aromatic heterocycles. The summed E-state index contributed by atoms with van der Waals surface area (Å²) >= 11 is 6.00. The molecule has 0 amide bonds. The third-order valence-corrected chi connectivity index (χ3v) is 4.36. The zero-order valence-corrected chi connectivity index (χ0v) is 14.6. The minimum Gasteiger partial charge on any atom is -0.365 e. The molecule has 0 N–H and O–H groups in total. The molecule has 2 aromatic rings. The molecule has 1 fully saturated rings. The van der Waals surface area contributed by atoms with E-state index in [1.165, 1.54) is 12.4 Å². The molecule has 0 saturated carbocycles. The molecule has 1 aliphatic rings. The SMILES string of the molecule is N#Cc1nccnc1N1CCN(c2cnn(CC(F)(F)F)c(=O)c2Cl)CC1. The van der Waals surface area contributed by atoms with Crippen LogP contribution in [0, 0.1) is 11.3 Å². The third kappa shape index (κ3) is 4.11. The lowest BCUT2D eigenvalue weighted by molar-refractivity contribution is -0.143. The number of anilines is 2. The van der Waals surface area contributed by atoms with Crippen LogP contribution in [0.2, 0.25) is 5.02 Å². The van der Waals surface area contributed by atoms with E-state index in [1.54, 1.807) is 4.90 Å². The Hall–Kier alpha value is -2.87. The van der Waals surface area contributed by atoms with Crippen molar-refractivity contribution in [1.82, 2.24) is 19.7 Å². The van der Waals surface area contributed by atoms with Crippen molar-refractivity contribution in [2.75, 3.05) is 36.0 Å². The van der Waals surface area contributed by atoms with Gasteiger partial charge in [-0.1, -0.05) is 11.6 Å². The molecular weight excluding hydrogens is 387 g/mol. The summed E-state index contributed by atoms with van der Waals surface area (Å²) in [7, 11) is 0. The van der Waals surface area contributed by atoms with Crippen molar-refractivity contribution >= 4 is 23.1 Å². The quantitative estimate of drug-likeness (QED) is 0.771. The summed E-state index contributed by atoms with van der Waals surface area (Å²) in [6, 6.07) is 1.98. The average Bonchev–Trinajstić information content (AvgIpc) is 2.65. The van der Waals surface area contributed by atoms with Crippen molar-refractivity contribution in [3.63, 3.8) is 0 Å². The lowest BCUT2D eigenvalue weighted by atomic mass is 10.2. The number of piperazine rings is 1. The van der Waals surface area contributed by atoms with E-state index in [9.17, 15) is 18.0 Å². The van der Waals surface area contributed by atoms with E-state index in [4.69, 9.17) is 16.9 Å². The normalized spacial score (nSPS) is 14.9. The Labute approximate surface area is 156 Å². The second kappa shape index (κ2) is 7.40. The van der Waals surface area contributed by atoms with E-state index in [-0.39, 0.29) is 16.4 Å². The van der Waals surface area contributed by atoms with Crippen LogP contribution in [0.1, 0.15) is 5.69 Å². The second-order valence-electron chi connectivity index (χ2n) is 5.74. The lowest BCUT2D eigenvalue weighted by Crippen LogP contribution is -2.47. The van der Waals surface area contributed by atoms with Gasteiger partial charge in [0.2, 0.25) is 0 Å². The van der Waals surface area contributed by atoms with Gasteiger partial charge in [0.25, 0.3) is 5.56 Å². The third-order valence-electron chi connectivity index (χ3n) is 4.00. The highest BCUT2D eigenvalue weighted by molar-refractivity contribution is 6.33. The maximum absolute atomic E-state index is 12.5. The largest absolute Gasteiger partial charge is 0.408 e. The second-order valence-corrected chi connectivity index (χ2v) is 6.11. The van der Waals surface area contributed by atoms with Crippen LogP contribution in [0.25, 0.3) is 0 Å². The molecule has 1 saturated heterocycles. The molecule has 0 radical (unpaired) electrons. The predicted molar refractivity (Wildman–Crippen MR) is 90.7 cm³/mol. The number of hydrogen-bond donors (Lipinski definition) is 0. The van der Waals surface area contributed by atoms with Gasteiger partial charge in [0, 0.05) is 38.6 Å². The van der Waals surface area contributed by atoms with Crippen molar-refractivity contribution in [3.05, 3.63) is 39.7 Å². The maximum atomic E-state index is 12.5. The summed E-state index contributed by atoms with van der Waals surface area (Å²) < 4.78 is 37.7. The van der Waals surface area contributed by atoms with Gasteiger partial charge in [-0.05, 0) is 0 Å². The van der Waals surface area contributed by atoms with Crippen LogP contribution in [0.4, 0.5) is 24.7 Å². The van der Waals surface area contributed by atoms with Crippen LogP contribution in [0.3, 0.4) is 0 Å². The Morgan fingerprint density at radius 3 is 2.41 bits per heavy atom. The monoisotopic (exact) mass is 399 g/mol. The van der Waals surface area contributed by atoms with Crippen LogP contribution < -0.4 is 15.4 Å². The Morgan fingerprint density at radius 2 is 1.78 bits per heavy atom. The summed E-state index contributed by atoms with van der Waals surface area (Å²) in [6.07, 6.45) is -0.486. The summed E-state index contributed by atoms with van der Waals surface area (Å²) in [6.45, 7) is 0.283. The molecule has 142 valence electrons. The number of hydrogen-bond acceptors (Lipinski definition) is 7. The molecular formula is C15H13ClF3N7O. The molecule has 0 spiro atoms. The maximum Gasteiger partial charge on any atom is 0.408 e. The van der Waals surface area contributed by atoms with E-state index in [0.29, 0.717) is 36.7 Å². The number of aromatic nitrogens is 4. The first-order valence-corrected chi connectivity index (χ1v) is 8.21. The molecule has 27 heavy (non-hydrogen) atoms. The summed E-state index contributed by atoms with van der Waals surface area (Å²) in [5.74, 6) is 0.462. The van der Waals surface area contributed by atoms with Crippen LogP contribution in [0.5, 0.6) is 0 Å². The van der Waals surface area contributed by atoms with Crippen molar-refractivity contribution in [2.45, 2.75) is 12.7 Å². The van der Waals surface area contributed by atoms with Crippen molar-refractivity contribution in [2.24, 2.45) is 0 Å². The first-order chi connectivity index (χ1) is 12.8. The predicted octanol–water partition coefficient (Wildman–Crippen LogP) is 1.45. The van der Waals surface area contributed by atoms with Crippen LogP contribution in [0.15, 0.2) is 23.4 Å². The van der Waals surface area contributed by atoms with Gasteiger partial charge in [0.15, 0.2) is 11.5 Å². The van der Waals surface area contributed by atoms with Gasteiger partial charge in [0.1, 0.15) is 17.6 Å². The molecule has 0 bridgehead atoms. The zero-order valence-electron chi connectivity index (χ0n) is 13.8. The van der Waals surface area contributed by atoms with Gasteiger partial charge in [-0.25, -0.2) is 14.6 Å². The van der Waals surface area contributed by atoms with Crippen molar-refractivity contribution in [1.29, 1.82) is 5.26 Å². The molecule has 8 nitrogen and oxygen atoms in total. The zero-order chi connectivity index (χ0) is 19.6. The number of nitrogens with zero attached hydrogens (tertiary/aromatic N) is 7. The Kier molecular flexibility index (Phi) is 5.18. The topological polar surface area (TPSA) is 90.9 Å². The van der Waals surface area contributed by atoms with Gasteiger partial charge in [0.05, 0.1) is 11.9 Å². The number of rotatable bonds is 3. The highest BCUT2D eigenvalue weighted by atomic mass is 35.5. The van der Waals surface area contributed by atoms with Crippen LogP contribution >= 0.6 is 11.6 Å². The molecule has 0 unspecified atom stereocenters. The molecule has 0 atom stereocenters. The Morgan fingerprint density at radius 1 is 1.15 bits per heavy atom. The number of nitriles is 1. The fraction of sp³-hybridized carbons (Fsp3) is 0.400. The molecule has 1 aliphatic heterocycles. The van der Waals surface area contributed by atoms with Crippen molar-refractivity contribution in [3.8, 4) is 6.07 Å². The first kappa shape index (κ1) is 18.9. The van der Waals surface area contributed by atoms with E-state index >= 15 is 0 Å². The van der Waals surface area contributed by atoms with Crippen LogP contribution in [-0.4, -0.2) is 52.1 Å². The van der Waals surface area contributed by atoms with E-state index < -0.39 is 18.3 Å². The van der Waals surface area contributed by atoms with Gasteiger partial charge in [-0.3, -0.25) is 4.79 Å². The average molecular weight is 400 g/mol. The standard InChI is InChI=1S/C15H13ClF3N7O/c16-12-11(8-23-26(14(12)27)9-15(17,18)19)24-3-5-25(6-4-24)13-10(7-20)21-1-2-22-13/h1-2,8H,3-6,9H2. The molecule has 3 heterocycles. The highest BCUT2D eigenvalue weighted by Gasteiger charge is 2.30. The fourth-order valence-corrected chi connectivity index (χ4v) is 3.03. The number of alkyl halides is 3. The minimum atomic E-state index is -4.57. The molecule has 0 aliphatic carbocycles. The van der Waals surface area contributed by atoms with Gasteiger partial charge >= 0.3 is 6.18 Å². The summed E-state index contributed by atoms with van der Waals surface area (Å²) in [4.78, 5) is 23.8. The smallest absolute Gasteiger partial charge is 0.365 e. The Balaban J connectivity index is 1.76. The molecule has 3 rings (SSSR count). The lowest BCUT2D eigenvalue weighted by Gasteiger charge is -2.36.